The summed E-state index contributed by atoms with van der Waals surface area (Å²) in [6.07, 6.45) is 1.48. The molecule has 2 nitrogen and oxygen atoms in total. The van der Waals surface area contributed by atoms with Gasteiger partial charge in [0.15, 0.2) is 0 Å². The Morgan fingerprint density at radius 3 is 2.48 bits per heavy atom. The van der Waals surface area contributed by atoms with E-state index in [9.17, 15) is 4.79 Å². The SMILES string of the molecule is O=C(/C=C/Sc1ccc(Cl)c(Cl)c1)NSc1ccccc1. The van der Waals surface area contributed by atoms with Gasteiger partial charge in [0.05, 0.1) is 10.0 Å². The number of halogens is 2. The van der Waals surface area contributed by atoms with Crippen molar-refractivity contribution in [3.05, 3.63) is 70.1 Å². The molecule has 0 fully saturated rings. The standard InChI is InChI=1S/C15H11Cl2NOS2/c16-13-7-6-12(10-14(13)17)20-9-8-15(19)18-21-11-4-2-1-3-5-11/h1-10H,(H,18,19)/b9-8+. The van der Waals surface area contributed by atoms with Crippen LogP contribution >= 0.6 is 46.9 Å². The highest BCUT2D eigenvalue weighted by molar-refractivity contribution is 8.02. The monoisotopic (exact) mass is 355 g/mol. The molecule has 0 aliphatic rings. The van der Waals surface area contributed by atoms with Crippen LogP contribution in [-0.4, -0.2) is 5.91 Å². The summed E-state index contributed by atoms with van der Waals surface area (Å²) < 4.78 is 2.74. The van der Waals surface area contributed by atoms with Crippen LogP contribution in [0.5, 0.6) is 0 Å². The molecule has 1 amide bonds. The molecular formula is C15H11Cl2NOS2. The van der Waals surface area contributed by atoms with Gasteiger partial charge in [-0.1, -0.05) is 53.2 Å². The van der Waals surface area contributed by atoms with E-state index < -0.39 is 0 Å². The molecule has 0 spiro atoms. The number of thioether (sulfide) groups is 1. The van der Waals surface area contributed by atoms with Crippen molar-refractivity contribution in [3.63, 3.8) is 0 Å². The fourth-order valence-electron chi connectivity index (χ4n) is 1.36. The molecule has 0 saturated heterocycles. The Hall–Kier alpha value is -1.07. The molecule has 2 aromatic carbocycles. The summed E-state index contributed by atoms with van der Waals surface area (Å²) in [6, 6.07) is 15.0. The van der Waals surface area contributed by atoms with Gasteiger partial charge in [-0.2, -0.15) is 0 Å². The van der Waals surface area contributed by atoms with E-state index in [1.807, 2.05) is 36.4 Å². The summed E-state index contributed by atoms with van der Waals surface area (Å²) in [5, 5.41) is 2.72. The van der Waals surface area contributed by atoms with Gasteiger partial charge in [-0.25, -0.2) is 0 Å². The second-order valence-corrected chi connectivity index (χ2v) is 6.55. The third kappa shape index (κ3) is 5.67. The summed E-state index contributed by atoms with van der Waals surface area (Å²) in [5.74, 6) is -0.170. The highest BCUT2D eigenvalue weighted by atomic mass is 35.5. The molecule has 6 heteroatoms. The number of amides is 1. The zero-order valence-electron chi connectivity index (χ0n) is 10.8. The minimum atomic E-state index is -0.170. The number of carbonyl (C=O) groups is 1. The Bertz CT molecular complexity index is 647. The second kappa shape index (κ2) is 8.39. The zero-order chi connectivity index (χ0) is 15.1. The van der Waals surface area contributed by atoms with Crippen molar-refractivity contribution in [1.82, 2.24) is 4.72 Å². The molecule has 108 valence electrons. The minimum absolute atomic E-state index is 0.170. The number of nitrogens with one attached hydrogen (secondary N) is 1. The van der Waals surface area contributed by atoms with Crippen molar-refractivity contribution in [1.29, 1.82) is 0 Å². The van der Waals surface area contributed by atoms with E-state index in [2.05, 4.69) is 4.72 Å². The van der Waals surface area contributed by atoms with E-state index in [1.54, 1.807) is 17.5 Å². The van der Waals surface area contributed by atoms with Crippen molar-refractivity contribution in [2.75, 3.05) is 0 Å². The summed E-state index contributed by atoms with van der Waals surface area (Å²) in [4.78, 5) is 13.6. The largest absolute Gasteiger partial charge is 0.292 e. The Morgan fingerprint density at radius 2 is 1.76 bits per heavy atom. The van der Waals surface area contributed by atoms with Crippen LogP contribution in [-0.2, 0) is 4.79 Å². The van der Waals surface area contributed by atoms with Crippen LogP contribution < -0.4 is 4.72 Å². The summed E-state index contributed by atoms with van der Waals surface area (Å²) >= 11 is 14.4. The fraction of sp³-hybridized carbons (Fsp3) is 0. The number of hydrogen-bond donors (Lipinski definition) is 1. The molecule has 0 aliphatic carbocycles. The highest BCUT2D eigenvalue weighted by Crippen LogP contribution is 2.28. The lowest BCUT2D eigenvalue weighted by atomic mass is 10.4. The molecule has 2 rings (SSSR count). The molecule has 0 aliphatic heterocycles. The average Bonchev–Trinajstić information content (AvgIpc) is 2.50. The first-order chi connectivity index (χ1) is 10.1. The van der Waals surface area contributed by atoms with Gasteiger partial charge in [0.2, 0.25) is 0 Å². The fourth-order valence-corrected chi connectivity index (χ4v) is 2.98. The summed E-state index contributed by atoms with van der Waals surface area (Å²) in [6.45, 7) is 0. The van der Waals surface area contributed by atoms with Crippen LogP contribution in [0.15, 0.2) is 69.8 Å². The smallest absolute Gasteiger partial charge is 0.254 e. The Balaban J connectivity index is 1.81. The van der Waals surface area contributed by atoms with E-state index in [0.29, 0.717) is 10.0 Å². The van der Waals surface area contributed by atoms with Gasteiger partial charge in [-0.3, -0.25) is 9.52 Å². The molecule has 1 N–H and O–H groups in total. The van der Waals surface area contributed by atoms with Crippen molar-refractivity contribution < 1.29 is 4.79 Å². The predicted molar refractivity (Wildman–Crippen MR) is 91.9 cm³/mol. The first-order valence-corrected chi connectivity index (χ1v) is 8.40. The van der Waals surface area contributed by atoms with Crippen LogP contribution in [0.3, 0.4) is 0 Å². The molecule has 0 unspecified atom stereocenters. The van der Waals surface area contributed by atoms with Gasteiger partial charge >= 0.3 is 0 Å². The van der Waals surface area contributed by atoms with Crippen molar-refractivity contribution >= 4 is 52.8 Å². The molecule has 2 aromatic rings. The Labute approximate surface area is 142 Å². The molecular weight excluding hydrogens is 345 g/mol. The Morgan fingerprint density at radius 1 is 1.00 bits per heavy atom. The third-order valence-electron chi connectivity index (χ3n) is 2.33. The lowest BCUT2D eigenvalue weighted by Gasteiger charge is -2.01. The molecule has 0 aromatic heterocycles. The number of hydrogen-bond acceptors (Lipinski definition) is 3. The maximum atomic E-state index is 11.6. The first kappa shape index (κ1) is 16.3. The van der Waals surface area contributed by atoms with E-state index in [0.717, 1.165) is 9.79 Å². The quantitative estimate of drug-likeness (QED) is 0.440. The lowest BCUT2D eigenvalue weighted by molar-refractivity contribution is -0.114. The van der Waals surface area contributed by atoms with E-state index in [1.165, 1.54) is 29.8 Å². The van der Waals surface area contributed by atoms with Gasteiger partial charge in [-0.15, -0.1) is 0 Å². The highest BCUT2D eigenvalue weighted by Gasteiger charge is 2.00. The van der Waals surface area contributed by atoms with Crippen molar-refractivity contribution in [2.24, 2.45) is 0 Å². The number of rotatable bonds is 5. The maximum Gasteiger partial charge on any atom is 0.254 e. The van der Waals surface area contributed by atoms with Gasteiger partial charge in [0.1, 0.15) is 0 Å². The molecule has 0 heterocycles. The molecule has 0 bridgehead atoms. The van der Waals surface area contributed by atoms with Crippen molar-refractivity contribution in [2.45, 2.75) is 9.79 Å². The van der Waals surface area contributed by atoms with Crippen LogP contribution in [0, 0.1) is 0 Å². The van der Waals surface area contributed by atoms with Gasteiger partial charge in [0.25, 0.3) is 5.91 Å². The van der Waals surface area contributed by atoms with E-state index in [-0.39, 0.29) is 5.91 Å². The van der Waals surface area contributed by atoms with Crippen LogP contribution in [0.1, 0.15) is 0 Å². The first-order valence-electron chi connectivity index (χ1n) is 5.95. The van der Waals surface area contributed by atoms with E-state index >= 15 is 0 Å². The van der Waals surface area contributed by atoms with Crippen LogP contribution in [0.2, 0.25) is 10.0 Å². The normalized spacial score (nSPS) is 10.8. The molecule has 0 atom stereocenters. The van der Waals surface area contributed by atoms with Gasteiger partial charge in [-0.05, 0) is 47.7 Å². The van der Waals surface area contributed by atoms with E-state index in [4.69, 9.17) is 23.2 Å². The Kier molecular flexibility index (Phi) is 6.51. The van der Waals surface area contributed by atoms with Crippen LogP contribution in [0.25, 0.3) is 0 Å². The molecule has 0 radical (unpaired) electrons. The van der Waals surface area contributed by atoms with Gasteiger partial charge in [0, 0.05) is 15.9 Å². The number of benzene rings is 2. The summed E-state index contributed by atoms with van der Waals surface area (Å²) in [5.41, 5.74) is 0. The number of carbonyl (C=O) groups excluding carboxylic acids is 1. The minimum Gasteiger partial charge on any atom is -0.292 e. The average molecular weight is 356 g/mol. The molecule has 0 saturated carbocycles. The van der Waals surface area contributed by atoms with Crippen LogP contribution in [0.4, 0.5) is 0 Å². The topological polar surface area (TPSA) is 29.1 Å². The third-order valence-corrected chi connectivity index (χ3v) is 4.68. The predicted octanol–water partition coefficient (Wildman–Crippen LogP) is 5.42. The zero-order valence-corrected chi connectivity index (χ0v) is 13.9. The van der Waals surface area contributed by atoms with Gasteiger partial charge < -0.3 is 0 Å². The maximum absolute atomic E-state index is 11.6. The van der Waals surface area contributed by atoms with Crippen molar-refractivity contribution in [3.8, 4) is 0 Å². The summed E-state index contributed by atoms with van der Waals surface area (Å²) in [7, 11) is 0. The second-order valence-electron chi connectivity index (χ2n) is 3.88. The lowest BCUT2D eigenvalue weighted by Crippen LogP contribution is -2.11. The molecule has 21 heavy (non-hydrogen) atoms.